The third-order valence-corrected chi connectivity index (χ3v) is 2.56. The summed E-state index contributed by atoms with van der Waals surface area (Å²) >= 11 is 0. The predicted octanol–water partition coefficient (Wildman–Crippen LogP) is 2.74. The molecule has 0 rings (SSSR count). The van der Waals surface area contributed by atoms with Crippen LogP contribution in [0.25, 0.3) is 0 Å². The van der Waals surface area contributed by atoms with Gasteiger partial charge < -0.3 is 29.8 Å². The molecule has 0 aromatic carbocycles. The number of allylic oxidation sites excluding steroid dienone is 2. The van der Waals surface area contributed by atoms with Crippen molar-refractivity contribution in [3.8, 4) is 0 Å². The third kappa shape index (κ3) is 24.3. The number of ether oxygens (including phenoxy) is 2. The van der Waals surface area contributed by atoms with Crippen molar-refractivity contribution < 1.29 is 29.3 Å². The molecule has 0 aromatic rings. The Kier molecular flexibility index (Phi) is 19.8. The van der Waals surface area contributed by atoms with E-state index in [4.69, 9.17) is 19.7 Å². The average Bonchev–Trinajstić information content (AvgIpc) is 2.53. The molecule has 1 atom stereocenters. The normalized spacial score (nSPS) is 11.8. The van der Waals surface area contributed by atoms with Crippen LogP contribution in [0.3, 0.4) is 0 Å². The Morgan fingerprint density at radius 2 is 1.88 bits per heavy atom. The van der Waals surface area contributed by atoms with E-state index in [-0.39, 0.29) is 26.7 Å². The predicted molar refractivity (Wildman–Crippen MR) is 104 cm³/mol. The first kappa shape index (κ1) is 28.8. The Balaban J connectivity index is -0.000000772. The molecule has 0 aliphatic carbocycles. The smallest absolute Gasteiger partial charge is 0.407 e. The molecule has 0 radical (unpaired) electrons. The molecule has 0 bridgehead atoms. The van der Waals surface area contributed by atoms with Crippen molar-refractivity contribution in [2.24, 2.45) is 0 Å². The minimum absolute atomic E-state index is 0. The Hall–Kier alpha value is -1.96. The largest absolute Gasteiger partial charge is 0.445 e. The summed E-state index contributed by atoms with van der Waals surface area (Å²) in [5.74, 6) is -1.50. The van der Waals surface area contributed by atoms with Crippen LogP contribution >= 0.6 is 0 Å². The molecule has 0 aliphatic rings. The Bertz CT molecular complexity index is 420. The standard InChI is InChI=1S/C15H23NO4.C3H8O2.CH4/c1-4-7-13(5-2)12-20-15(18)16-9-8-14(6-3)19-11-10-17;1-3(2,4)5;/h4-5,7,10,14H,1-2,6,8-9,11-12H2,3H3,(H,16,18);4-5H,1-2H3;1H4/b13-7+;;. The van der Waals surface area contributed by atoms with Gasteiger partial charge in [0, 0.05) is 6.54 Å². The summed E-state index contributed by atoms with van der Waals surface area (Å²) in [7, 11) is 0. The highest BCUT2D eigenvalue weighted by Gasteiger charge is 2.08. The first-order valence-corrected chi connectivity index (χ1v) is 8.02. The number of aliphatic hydroxyl groups is 2. The highest BCUT2D eigenvalue weighted by molar-refractivity contribution is 5.67. The number of carbonyl (C=O) groups is 2. The second-order valence-electron chi connectivity index (χ2n) is 5.50. The monoisotopic (exact) mass is 373 g/mol. The van der Waals surface area contributed by atoms with Gasteiger partial charge in [0.1, 0.15) is 19.5 Å². The van der Waals surface area contributed by atoms with Gasteiger partial charge in [0.25, 0.3) is 0 Å². The van der Waals surface area contributed by atoms with Crippen LogP contribution in [0.2, 0.25) is 0 Å². The molecular formula is C19H35NO6. The number of amides is 1. The summed E-state index contributed by atoms with van der Waals surface area (Å²) in [6, 6.07) is 0. The lowest BCUT2D eigenvalue weighted by Gasteiger charge is -2.14. The van der Waals surface area contributed by atoms with E-state index >= 15 is 0 Å². The molecule has 0 fully saturated rings. The molecule has 26 heavy (non-hydrogen) atoms. The average molecular weight is 373 g/mol. The molecule has 0 saturated carbocycles. The number of carbonyl (C=O) groups excluding carboxylic acids is 2. The minimum atomic E-state index is -1.50. The van der Waals surface area contributed by atoms with Gasteiger partial charge in [0.15, 0.2) is 5.79 Å². The van der Waals surface area contributed by atoms with Gasteiger partial charge in [-0.15, -0.1) is 0 Å². The number of nitrogens with one attached hydrogen (secondary N) is 1. The first-order valence-electron chi connectivity index (χ1n) is 8.02. The van der Waals surface area contributed by atoms with Crippen molar-refractivity contribution in [2.75, 3.05) is 19.8 Å². The summed E-state index contributed by atoms with van der Waals surface area (Å²) in [6.45, 7) is 12.4. The molecule has 0 heterocycles. The van der Waals surface area contributed by atoms with E-state index in [0.29, 0.717) is 19.3 Å². The molecule has 1 unspecified atom stereocenters. The van der Waals surface area contributed by atoms with Crippen LogP contribution in [-0.2, 0) is 14.3 Å². The highest BCUT2D eigenvalue weighted by Crippen LogP contribution is 2.02. The highest BCUT2D eigenvalue weighted by atomic mass is 16.5. The van der Waals surface area contributed by atoms with E-state index in [1.54, 1.807) is 18.2 Å². The van der Waals surface area contributed by atoms with E-state index in [9.17, 15) is 9.59 Å². The molecule has 0 saturated heterocycles. The van der Waals surface area contributed by atoms with Crippen molar-refractivity contribution in [3.63, 3.8) is 0 Å². The van der Waals surface area contributed by atoms with Crippen LogP contribution in [0.15, 0.2) is 37.0 Å². The van der Waals surface area contributed by atoms with E-state index in [1.807, 2.05) is 6.92 Å². The lowest BCUT2D eigenvalue weighted by Crippen LogP contribution is -2.29. The second-order valence-corrected chi connectivity index (χ2v) is 5.50. The quantitative estimate of drug-likeness (QED) is 0.292. The molecule has 1 amide bonds. The lowest BCUT2D eigenvalue weighted by molar-refractivity contribution is -0.127. The molecule has 7 nitrogen and oxygen atoms in total. The zero-order chi connectivity index (χ0) is 19.7. The van der Waals surface area contributed by atoms with Crippen molar-refractivity contribution in [1.29, 1.82) is 0 Å². The van der Waals surface area contributed by atoms with Crippen LogP contribution < -0.4 is 5.32 Å². The van der Waals surface area contributed by atoms with E-state index in [1.165, 1.54) is 13.8 Å². The van der Waals surface area contributed by atoms with E-state index in [0.717, 1.165) is 12.0 Å². The third-order valence-electron chi connectivity index (χ3n) is 2.56. The van der Waals surface area contributed by atoms with Crippen LogP contribution in [0.4, 0.5) is 4.79 Å². The maximum atomic E-state index is 11.4. The fraction of sp³-hybridized carbons (Fsp3) is 0.579. The molecule has 3 N–H and O–H groups in total. The number of alkyl carbamates (subject to hydrolysis) is 1. The zero-order valence-corrected chi connectivity index (χ0v) is 15.4. The fourth-order valence-corrected chi connectivity index (χ4v) is 1.44. The lowest BCUT2D eigenvalue weighted by atomic mass is 10.2. The number of hydrogen-bond acceptors (Lipinski definition) is 6. The van der Waals surface area contributed by atoms with Gasteiger partial charge in [-0.25, -0.2) is 4.79 Å². The topological polar surface area (TPSA) is 105 Å². The van der Waals surface area contributed by atoms with Gasteiger partial charge >= 0.3 is 6.09 Å². The van der Waals surface area contributed by atoms with E-state index < -0.39 is 11.9 Å². The summed E-state index contributed by atoms with van der Waals surface area (Å²) < 4.78 is 10.3. The van der Waals surface area contributed by atoms with Gasteiger partial charge in [-0.1, -0.05) is 45.7 Å². The second kappa shape index (κ2) is 17.8. The molecule has 0 aromatic heterocycles. The molecular weight excluding hydrogens is 338 g/mol. The van der Waals surface area contributed by atoms with Crippen LogP contribution in [0.1, 0.15) is 41.0 Å². The minimum Gasteiger partial charge on any atom is -0.445 e. The van der Waals surface area contributed by atoms with E-state index in [2.05, 4.69) is 18.5 Å². The summed E-state index contributed by atoms with van der Waals surface area (Å²) in [4.78, 5) is 21.6. The van der Waals surface area contributed by atoms with Gasteiger partial charge in [-0.3, -0.25) is 0 Å². The van der Waals surface area contributed by atoms with Gasteiger partial charge in [0.2, 0.25) is 0 Å². The Labute approximate surface area is 157 Å². The summed E-state index contributed by atoms with van der Waals surface area (Å²) in [5.41, 5.74) is 0.774. The van der Waals surface area contributed by atoms with Gasteiger partial charge in [0.05, 0.1) is 6.10 Å². The molecule has 152 valence electrons. The maximum absolute atomic E-state index is 11.4. The fourth-order valence-electron chi connectivity index (χ4n) is 1.44. The summed E-state index contributed by atoms with van der Waals surface area (Å²) in [6.07, 6.45) is 6.54. The SMILES string of the molecule is C.C=C/C=C(\C=C)COC(=O)NCCC(CC)OCC=O.CC(C)(O)O. The number of rotatable bonds is 11. The molecule has 0 spiro atoms. The zero-order valence-electron chi connectivity index (χ0n) is 15.4. The van der Waals surface area contributed by atoms with Crippen molar-refractivity contribution in [2.45, 2.75) is 52.9 Å². The first-order chi connectivity index (χ1) is 11.7. The van der Waals surface area contributed by atoms with Crippen LogP contribution in [0, 0.1) is 0 Å². The number of aldehydes is 1. The summed E-state index contributed by atoms with van der Waals surface area (Å²) in [5, 5.41) is 18.8. The van der Waals surface area contributed by atoms with Gasteiger partial charge in [-0.2, -0.15) is 0 Å². The van der Waals surface area contributed by atoms with Gasteiger partial charge in [-0.05, 0) is 32.3 Å². The number of hydrogen-bond donors (Lipinski definition) is 3. The van der Waals surface area contributed by atoms with Crippen molar-refractivity contribution in [3.05, 3.63) is 37.0 Å². The molecule has 7 heteroatoms. The Morgan fingerprint density at radius 1 is 1.31 bits per heavy atom. The maximum Gasteiger partial charge on any atom is 0.407 e. The Morgan fingerprint density at radius 3 is 2.31 bits per heavy atom. The van der Waals surface area contributed by atoms with Crippen LogP contribution in [-0.4, -0.2) is 54.2 Å². The molecule has 0 aliphatic heterocycles. The van der Waals surface area contributed by atoms with Crippen molar-refractivity contribution >= 4 is 12.4 Å². The van der Waals surface area contributed by atoms with Crippen molar-refractivity contribution in [1.82, 2.24) is 5.32 Å². The van der Waals surface area contributed by atoms with Crippen LogP contribution in [0.5, 0.6) is 0 Å².